The summed E-state index contributed by atoms with van der Waals surface area (Å²) in [6.07, 6.45) is 5.34. The number of nitrogens with one attached hydrogen (secondary N) is 3. The first-order chi connectivity index (χ1) is 14.5. The maximum atomic E-state index is 12.6. The minimum atomic E-state index is -0.775. The second kappa shape index (κ2) is 12.4. The van der Waals surface area contributed by atoms with Crippen molar-refractivity contribution in [2.75, 3.05) is 11.9 Å². The molecule has 160 valence electrons. The highest BCUT2D eigenvalue weighted by Crippen LogP contribution is 2.15. The second-order valence-corrected chi connectivity index (χ2v) is 7.34. The molecule has 0 aliphatic carbocycles. The normalized spacial score (nSPS) is 10.3. The van der Waals surface area contributed by atoms with Gasteiger partial charge in [-0.2, -0.15) is 0 Å². The highest BCUT2D eigenvalue weighted by Gasteiger charge is 2.17. The minimum absolute atomic E-state index is 0.308. The molecule has 3 N–H and O–H groups in total. The van der Waals surface area contributed by atoms with E-state index in [0.717, 1.165) is 36.8 Å². The third kappa shape index (κ3) is 7.70. The molecule has 6 nitrogen and oxygen atoms in total. The van der Waals surface area contributed by atoms with E-state index in [1.165, 1.54) is 6.42 Å². The number of amides is 3. The van der Waals surface area contributed by atoms with Gasteiger partial charge in [0.2, 0.25) is 0 Å². The predicted octanol–water partition coefficient (Wildman–Crippen LogP) is 3.95. The van der Waals surface area contributed by atoms with Crippen molar-refractivity contribution in [2.24, 2.45) is 0 Å². The molecule has 2 aromatic carbocycles. The van der Waals surface area contributed by atoms with Crippen LogP contribution in [0.15, 0.2) is 48.5 Å². The number of carbonyl (C=O) groups excluding carboxylic acids is 3. The number of carbonyl (C=O) groups is 3. The largest absolute Gasteiger partial charge is 0.348 e. The molecule has 0 fully saturated rings. The summed E-state index contributed by atoms with van der Waals surface area (Å²) in [7, 11) is 0. The standard InChI is InChI=1S/C24H31N3O3/c1-3-4-5-6-9-15-25-23(29)24(30)27-21-14-8-7-13-20(21)22(28)26-17-19-12-10-11-18(2)16-19/h7-8,10-14,16H,3-6,9,15,17H2,1-2H3,(H,25,29)(H,26,28)(H,27,30). The Morgan fingerprint density at radius 3 is 2.37 bits per heavy atom. The molecule has 30 heavy (non-hydrogen) atoms. The monoisotopic (exact) mass is 409 g/mol. The number of para-hydroxylation sites is 1. The van der Waals surface area contributed by atoms with Gasteiger partial charge in [0.15, 0.2) is 0 Å². The molecule has 0 aliphatic rings. The molecule has 0 radical (unpaired) electrons. The molecule has 2 rings (SSSR count). The average Bonchev–Trinajstić information content (AvgIpc) is 2.74. The van der Waals surface area contributed by atoms with E-state index in [4.69, 9.17) is 0 Å². The summed E-state index contributed by atoms with van der Waals surface area (Å²) in [4.78, 5) is 36.9. The number of aryl methyl sites for hydroxylation is 1. The average molecular weight is 410 g/mol. The molecule has 0 aromatic heterocycles. The summed E-state index contributed by atoms with van der Waals surface area (Å²) in [5.41, 5.74) is 2.72. The van der Waals surface area contributed by atoms with Crippen molar-refractivity contribution < 1.29 is 14.4 Å². The quantitative estimate of drug-likeness (QED) is 0.410. The van der Waals surface area contributed by atoms with Crippen molar-refractivity contribution >= 4 is 23.4 Å². The van der Waals surface area contributed by atoms with E-state index < -0.39 is 11.8 Å². The number of hydrogen-bond donors (Lipinski definition) is 3. The van der Waals surface area contributed by atoms with Crippen molar-refractivity contribution in [3.63, 3.8) is 0 Å². The van der Waals surface area contributed by atoms with Gasteiger partial charge in [0.25, 0.3) is 5.91 Å². The van der Waals surface area contributed by atoms with E-state index in [1.54, 1.807) is 24.3 Å². The number of hydrogen-bond acceptors (Lipinski definition) is 3. The molecule has 0 spiro atoms. The first-order valence-corrected chi connectivity index (χ1v) is 10.5. The van der Waals surface area contributed by atoms with E-state index in [2.05, 4.69) is 22.9 Å². The van der Waals surface area contributed by atoms with Crippen LogP contribution in [0.2, 0.25) is 0 Å². The van der Waals surface area contributed by atoms with Gasteiger partial charge in [-0.25, -0.2) is 0 Å². The molecule has 0 saturated heterocycles. The SMILES string of the molecule is CCCCCCCNC(=O)C(=O)Nc1ccccc1C(=O)NCc1cccc(C)c1. The molecule has 6 heteroatoms. The fourth-order valence-corrected chi connectivity index (χ4v) is 3.08. The van der Waals surface area contributed by atoms with Crippen LogP contribution in [0.5, 0.6) is 0 Å². The van der Waals surface area contributed by atoms with E-state index in [1.807, 2.05) is 31.2 Å². The van der Waals surface area contributed by atoms with Crippen LogP contribution in [-0.2, 0) is 16.1 Å². The van der Waals surface area contributed by atoms with Crippen LogP contribution >= 0.6 is 0 Å². The van der Waals surface area contributed by atoms with Crippen LogP contribution in [0.4, 0.5) is 5.69 Å². The molecular weight excluding hydrogens is 378 g/mol. The maximum absolute atomic E-state index is 12.6. The van der Waals surface area contributed by atoms with Gasteiger partial charge in [-0.15, -0.1) is 0 Å². The first kappa shape index (κ1) is 23.1. The van der Waals surface area contributed by atoms with Crippen molar-refractivity contribution in [3.8, 4) is 0 Å². The van der Waals surface area contributed by atoms with Gasteiger partial charge < -0.3 is 16.0 Å². The molecule has 2 aromatic rings. The van der Waals surface area contributed by atoms with Crippen molar-refractivity contribution in [2.45, 2.75) is 52.5 Å². The van der Waals surface area contributed by atoms with Crippen LogP contribution in [-0.4, -0.2) is 24.3 Å². The lowest BCUT2D eigenvalue weighted by molar-refractivity contribution is -0.136. The first-order valence-electron chi connectivity index (χ1n) is 10.5. The third-order valence-corrected chi connectivity index (χ3v) is 4.73. The number of benzene rings is 2. The summed E-state index contributed by atoms with van der Waals surface area (Å²) in [5.74, 6) is -1.79. The van der Waals surface area contributed by atoms with Crippen LogP contribution in [0, 0.1) is 6.92 Å². The lowest BCUT2D eigenvalue weighted by Gasteiger charge is -2.12. The lowest BCUT2D eigenvalue weighted by Crippen LogP contribution is -2.36. The Labute approximate surface area is 178 Å². The zero-order valence-corrected chi connectivity index (χ0v) is 17.8. The Hall–Kier alpha value is -3.15. The fraction of sp³-hybridized carbons (Fsp3) is 0.375. The Morgan fingerprint density at radius 2 is 1.60 bits per heavy atom. The van der Waals surface area contributed by atoms with Crippen molar-refractivity contribution in [3.05, 3.63) is 65.2 Å². The van der Waals surface area contributed by atoms with E-state index in [0.29, 0.717) is 24.3 Å². The number of rotatable bonds is 10. The summed E-state index contributed by atoms with van der Waals surface area (Å²) in [5, 5.41) is 8.03. The molecule has 3 amide bonds. The topological polar surface area (TPSA) is 87.3 Å². The molecule has 0 bridgehead atoms. The molecule has 0 heterocycles. The predicted molar refractivity (Wildman–Crippen MR) is 119 cm³/mol. The molecule has 0 saturated carbocycles. The maximum Gasteiger partial charge on any atom is 0.313 e. The van der Waals surface area contributed by atoms with E-state index in [-0.39, 0.29) is 5.91 Å². The lowest BCUT2D eigenvalue weighted by atomic mass is 10.1. The zero-order valence-electron chi connectivity index (χ0n) is 17.8. The Balaban J connectivity index is 1.88. The second-order valence-electron chi connectivity index (χ2n) is 7.34. The number of anilines is 1. The molecule has 0 aliphatic heterocycles. The molecular formula is C24H31N3O3. The van der Waals surface area contributed by atoms with Gasteiger partial charge in [0.05, 0.1) is 11.3 Å². The van der Waals surface area contributed by atoms with Gasteiger partial charge >= 0.3 is 11.8 Å². The Kier molecular flexibility index (Phi) is 9.58. The van der Waals surface area contributed by atoms with E-state index in [9.17, 15) is 14.4 Å². The van der Waals surface area contributed by atoms with Gasteiger partial charge in [0.1, 0.15) is 0 Å². The highest BCUT2D eigenvalue weighted by molar-refractivity contribution is 6.40. The third-order valence-electron chi connectivity index (χ3n) is 4.73. The smallest absolute Gasteiger partial charge is 0.313 e. The van der Waals surface area contributed by atoms with Crippen LogP contribution in [0.3, 0.4) is 0 Å². The minimum Gasteiger partial charge on any atom is -0.348 e. The Bertz CT molecular complexity index is 864. The summed E-state index contributed by atoms with van der Waals surface area (Å²) in [6.45, 7) is 4.98. The van der Waals surface area contributed by atoms with Crippen LogP contribution in [0.25, 0.3) is 0 Å². The van der Waals surface area contributed by atoms with Gasteiger partial charge in [-0.05, 0) is 31.0 Å². The van der Waals surface area contributed by atoms with Crippen LogP contribution < -0.4 is 16.0 Å². The molecule has 0 unspecified atom stereocenters. The van der Waals surface area contributed by atoms with Gasteiger partial charge in [0, 0.05) is 13.1 Å². The van der Waals surface area contributed by atoms with Gasteiger partial charge in [-0.3, -0.25) is 14.4 Å². The van der Waals surface area contributed by atoms with Crippen molar-refractivity contribution in [1.29, 1.82) is 0 Å². The highest BCUT2D eigenvalue weighted by atomic mass is 16.2. The van der Waals surface area contributed by atoms with Gasteiger partial charge in [-0.1, -0.05) is 74.6 Å². The number of unbranched alkanes of at least 4 members (excludes halogenated alkanes) is 4. The van der Waals surface area contributed by atoms with Crippen LogP contribution in [0.1, 0.15) is 60.5 Å². The van der Waals surface area contributed by atoms with E-state index >= 15 is 0 Å². The molecule has 0 atom stereocenters. The summed E-state index contributed by atoms with van der Waals surface area (Å²) < 4.78 is 0. The van der Waals surface area contributed by atoms with Crippen molar-refractivity contribution in [1.82, 2.24) is 10.6 Å². The summed E-state index contributed by atoms with van der Waals surface area (Å²) >= 11 is 0. The zero-order chi connectivity index (χ0) is 21.8. The summed E-state index contributed by atoms with van der Waals surface area (Å²) in [6, 6.07) is 14.5. The fourth-order valence-electron chi connectivity index (χ4n) is 3.08. The Morgan fingerprint density at radius 1 is 0.833 bits per heavy atom.